The summed E-state index contributed by atoms with van der Waals surface area (Å²) in [7, 11) is 0. The molecule has 0 spiro atoms. The molecule has 3 rings (SSSR count). The quantitative estimate of drug-likeness (QED) is 0.298. The number of rotatable bonds is 5. The highest BCUT2D eigenvalue weighted by molar-refractivity contribution is 5.94. The van der Waals surface area contributed by atoms with Crippen LogP contribution in [0, 0.1) is 23.3 Å². The molecule has 0 bridgehead atoms. The lowest BCUT2D eigenvalue weighted by atomic mass is 10.1. The van der Waals surface area contributed by atoms with Crippen LogP contribution in [-0.2, 0) is 6.54 Å². The van der Waals surface area contributed by atoms with Gasteiger partial charge < -0.3 is 9.73 Å². The number of hydrogen-bond acceptors (Lipinski definition) is 3. The van der Waals surface area contributed by atoms with Crippen molar-refractivity contribution >= 4 is 11.7 Å². The second-order valence-electron chi connectivity index (χ2n) is 5.93. The molecule has 0 saturated carbocycles. The van der Waals surface area contributed by atoms with E-state index in [4.69, 9.17) is 4.42 Å². The van der Waals surface area contributed by atoms with Crippen molar-refractivity contribution in [3.63, 3.8) is 0 Å². The highest BCUT2D eigenvalue weighted by atomic mass is 19.2. The fourth-order valence-electron chi connectivity index (χ4n) is 2.51. The van der Waals surface area contributed by atoms with Gasteiger partial charge in [0.25, 0.3) is 5.91 Å². The average molecular weight is 391 g/mol. The standard InChI is InChI=1S/C20H13F4NO3/c1-10(26)11-2-4-12(5-3-11)16-6-7-17(28-16)20(27)25-9-13-14(21)8-15(22)19(24)18(13)23/h2-8H,9H2,1H3,(H,25,27). The second-order valence-corrected chi connectivity index (χ2v) is 5.93. The van der Waals surface area contributed by atoms with E-state index in [1.54, 1.807) is 24.3 Å². The Morgan fingerprint density at radius 3 is 2.25 bits per heavy atom. The lowest BCUT2D eigenvalue weighted by molar-refractivity contribution is 0.0922. The second kappa shape index (κ2) is 7.67. The summed E-state index contributed by atoms with van der Waals surface area (Å²) >= 11 is 0. The van der Waals surface area contributed by atoms with Crippen molar-refractivity contribution < 1.29 is 31.6 Å². The minimum absolute atomic E-state index is 0.0947. The van der Waals surface area contributed by atoms with Gasteiger partial charge in [0.2, 0.25) is 0 Å². The van der Waals surface area contributed by atoms with Crippen LogP contribution in [0.15, 0.2) is 46.9 Å². The summed E-state index contributed by atoms with van der Waals surface area (Å²) in [6, 6.07) is 9.56. The van der Waals surface area contributed by atoms with Crippen molar-refractivity contribution in [2.45, 2.75) is 13.5 Å². The van der Waals surface area contributed by atoms with Gasteiger partial charge in [0, 0.05) is 29.3 Å². The molecule has 0 unspecified atom stereocenters. The fourth-order valence-corrected chi connectivity index (χ4v) is 2.51. The molecule has 0 radical (unpaired) electrons. The van der Waals surface area contributed by atoms with E-state index in [1.165, 1.54) is 19.1 Å². The highest BCUT2D eigenvalue weighted by Crippen LogP contribution is 2.23. The van der Waals surface area contributed by atoms with Crippen LogP contribution in [0.5, 0.6) is 0 Å². The zero-order valence-electron chi connectivity index (χ0n) is 14.5. The van der Waals surface area contributed by atoms with E-state index in [-0.39, 0.29) is 17.6 Å². The molecule has 1 amide bonds. The number of halogens is 4. The number of furan rings is 1. The van der Waals surface area contributed by atoms with Crippen molar-refractivity contribution in [2.75, 3.05) is 0 Å². The van der Waals surface area contributed by atoms with Crippen molar-refractivity contribution in [3.8, 4) is 11.3 Å². The number of carbonyl (C=O) groups is 2. The van der Waals surface area contributed by atoms with Crippen LogP contribution in [0.25, 0.3) is 11.3 Å². The number of amides is 1. The van der Waals surface area contributed by atoms with Crippen LogP contribution in [0.3, 0.4) is 0 Å². The maximum absolute atomic E-state index is 13.6. The molecule has 1 N–H and O–H groups in total. The summed E-state index contributed by atoms with van der Waals surface area (Å²) in [5.41, 5.74) is 0.324. The topological polar surface area (TPSA) is 59.3 Å². The molecule has 1 heterocycles. The third kappa shape index (κ3) is 3.80. The van der Waals surface area contributed by atoms with E-state index in [9.17, 15) is 27.2 Å². The van der Waals surface area contributed by atoms with Crippen LogP contribution in [-0.4, -0.2) is 11.7 Å². The number of carbonyl (C=O) groups excluding carboxylic acids is 2. The third-order valence-electron chi connectivity index (χ3n) is 4.04. The normalized spacial score (nSPS) is 10.8. The van der Waals surface area contributed by atoms with E-state index in [0.717, 1.165) is 0 Å². The third-order valence-corrected chi connectivity index (χ3v) is 4.04. The molecule has 8 heteroatoms. The van der Waals surface area contributed by atoms with Gasteiger partial charge in [-0.25, -0.2) is 17.6 Å². The number of ketones is 1. The van der Waals surface area contributed by atoms with Gasteiger partial charge >= 0.3 is 0 Å². The van der Waals surface area contributed by atoms with E-state index in [0.29, 0.717) is 16.9 Å². The lowest BCUT2D eigenvalue weighted by Crippen LogP contribution is -2.24. The zero-order chi connectivity index (χ0) is 20.4. The number of Topliss-reactive ketones (excluding diaryl/α,β-unsaturated/α-hetero) is 1. The molecule has 1 aromatic heterocycles. The summed E-state index contributed by atoms with van der Waals surface area (Å²) in [5.74, 6) is -7.19. The maximum Gasteiger partial charge on any atom is 0.287 e. The Balaban J connectivity index is 1.73. The molecule has 4 nitrogen and oxygen atoms in total. The minimum atomic E-state index is -1.82. The first-order chi connectivity index (χ1) is 13.3. The van der Waals surface area contributed by atoms with E-state index < -0.39 is 41.3 Å². The SMILES string of the molecule is CC(=O)c1ccc(-c2ccc(C(=O)NCc3c(F)cc(F)c(F)c3F)o2)cc1. The van der Waals surface area contributed by atoms with Crippen molar-refractivity contribution in [1.82, 2.24) is 5.32 Å². The Morgan fingerprint density at radius 1 is 0.929 bits per heavy atom. The van der Waals surface area contributed by atoms with E-state index >= 15 is 0 Å². The minimum Gasteiger partial charge on any atom is -0.451 e. The first-order valence-electron chi connectivity index (χ1n) is 8.09. The van der Waals surface area contributed by atoms with Crippen LogP contribution in [0.2, 0.25) is 0 Å². The number of hydrogen-bond donors (Lipinski definition) is 1. The molecule has 144 valence electrons. The lowest BCUT2D eigenvalue weighted by Gasteiger charge is -2.07. The van der Waals surface area contributed by atoms with Crippen molar-refractivity contribution in [1.29, 1.82) is 0 Å². The molecule has 0 saturated heterocycles. The molecule has 2 aromatic carbocycles. The first-order valence-corrected chi connectivity index (χ1v) is 8.09. The Hall–Kier alpha value is -3.42. The Labute approximate surface area is 156 Å². The van der Waals surface area contributed by atoms with Gasteiger partial charge in [-0.05, 0) is 19.1 Å². The van der Waals surface area contributed by atoms with Crippen molar-refractivity contribution in [3.05, 3.63) is 82.6 Å². The van der Waals surface area contributed by atoms with Gasteiger partial charge in [-0.1, -0.05) is 24.3 Å². The molecule has 0 aliphatic rings. The maximum atomic E-state index is 13.6. The monoisotopic (exact) mass is 391 g/mol. The van der Waals surface area contributed by atoms with Crippen LogP contribution >= 0.6 is 0 Å². The molecule has 3 aromatic rings. The zero-order valence-corrected chi connectivity index (χ0v) is 14.5. The molecule has 0 atom stereocenters. The smallest absolute Gasteiger partial charge is 0.287 e. The van der Waals surface area contributed by atoms with E-state index in [1.807, 2.05) is 0 Å². The summed E-state index contributed by atoms with van der Waals surface area (Å²) < 4.78 is 58.8. The highest BCUT2D eigenvalue weighted by Gasteiger charge is 2.20. The molecule has 28 heavy (non-hydrogen) atoms. The molecule has 0 aliphatic heterocycles. The van der Waals surface area contributed by atoms with Gasteiger partial charge in [-0.2, -0.15) is 0 Å². The largest absolute Gasteiger partial charge is 0.451 e. The van der Waals surface area contributed by atoms with E-state index in [2.05, 4.69) is 5.32 Å². The summed E-state index contributed by atoms with van der Waals surface area (Å²) in [5, 5.41) is 2.19. The van der Waals surface area contributed by atoms with Gasteiger partial charge in [0.15, 0.2) is 29.0 Å². The molecule has 0 aliphatic carbocycles. The van der Waals surface area contributed by atoms with Crippen LogP contribution < -0.4 is 5.32 Å². The Bertz CT molecular complexity index is 1060. The van der Waals surface area contributed by atoms with Gasteiger partial charge in [-0.3, -0.25) is 9.59 Å². The summed E-state index contributed by atoms with van der Waals surface area (Å²) in [6.07, 6.45) is 0. The summed E-state index contributed by atoms with van der Waals surface area (Å²) in [6.45, 7) is 0.736. The predicted molar refractivity (Wildman–Crippen MR) is 91.6 cm³/mol. The van der Waals surface area contributed by atoms with Crippen LogP contribution in [0.1, 0.15) is 33.4 Å². The van der Waals surface area contributed by atoms with Crippen molar-refractivity contribution in [2.24, 2.45) is 0 Å². The molecular formula is C20H13F4NO3. The Kier molecular flexibility index (Phi) is 5.30. The van der Waals surface area contributed by atoms with Crippen LogP contribution in [0.4, 0.5) is 17.6 Å². The van der Waals surface area contributed by atoms with Gasteiger partial charge in [-0.15, -0.1) is 0 Å². The number of nitrogens with one attached hydrogen (secondary N) is 1. The van der Waals surface area contributed by atoms with Gasteiger partial charge in [0.05, 0.1) is 0 Å². The fraction of sp³-hybridized carbons (Fsp3) is 0.100. The average Bonchev–Trinajstić information content (AvgIpc) is 3.16. The molecular weight excluding hydrogens is 378 g/mol. The number of benzene rings is 2. The summed E-state index contributed by atoms with van der Waals surface area (Å²) in [4.78, 5) is 23.4. The van der Waals surface area contributed by atoms with Gasteiger partial charge in [0.1, 0.15) is 11.6 Å². The predicted octanol–water partition coefficient (Wildman–Crippen LogP) is 4.64. The first kappa shape index (κ1) is 19.3. The molecule has 0 fully saturated rings. The Morgan fingerprint density at radius 2 is 1.61 bits per heavy atom.